The van der Waals surface area contributed by atoms with E-state index in [0.717, 1.165) is 13.1 Å². The molecule has 1 saturated carbocycles. The van der Waals surface area contributed by atoms with Crippen LogP contribution in [0.5, 0.6) is 0 Å². The Morgan fingerprint density at radius 1 is 1.40 bits per heavy atom. The molecule has 2 unspecified atom stereocenters. The molecule has 0 aromatic heterocycles. The van der Waals surface area contributed by atoms with Crippen molar-refractivity contribution in [1.82, 2.24) is 10.0 Å². The maximum atomic E-state index is 11.5. The molecule has 1 aliphatic carbocycles. The lowest BCUT2D eigenvalue weighted by Crippen LogP contribution is -2.30. The van der Waals surface area contributed by atoms with Gasteiger partial charge in [0.25, 0.3) is 0 Å². The summed E-state index contributed by atoms with van der Waals surface area (Å²) in [6, 6.07) is 0. The van der Waals surface area contributed by atoms with Crippen LogP contribution in [0.1, 0.15) is 26.7 Å². The fraction of sp³-hybridized carbons (Fsp3) is 1.00. The van der Waals surface area contributed by atoms with Gasteiger partial charge in [0.2, 0.25) is 10.0 Å². The molecule has 0 amide bonds. The molecule has 2 N–H and O–H groups in total. The van der Waals surface area contributed by atoms with Crippen molar-refractivity contribution in [3.8, 4) is 0 Å². The number of hydrogen-bond acceptors (Lipinski definition) is 3. The summed E-state index contributed by atoms with van der Waals surface area (Å²) in [6.07, 6.45) is 1.85. The van der Waals surface area contributed by atoms with E-state index in [1.807, 2.05) is 6.92 Å². The predicted octanol–water partition coefficient (Wildman–Crippen LogP) is 0.561. The van der Waals surface area contributed by atoms with Gasteiger partial charge in [0, 0.05) is 6.54 Å². The summed E-state index contributed by atoms with van der Waals surface area (Å²) in [6.45, 7) is 6.47. The largest absolute Gasteiger partial charge is 0.317 e. The average molecular weight is 234 g/mol. The first-order valence-electron chi connectivity index (χ1n) is 5.73. The third-order valence-corrected chi connectivity index (χ3v) is 4.29. The molecular formula is C10H22N2O2S. The summed E-state index contributed by atoms with van der Waals surface area (Å²) < 4.78 is 25.7. The lowest BCUT2D eigenvalue weighted by molar-refractivity contribution is 0.569. The Hall–Kier alpha value is -0.130. The highest BCUT2D eigenvalue weighted by Crippen LogP contribution is 2.36. The molecule has 2 atom stereocenters. The summed E-state index contributed by atoms with van der Waals surface area (Å²) in [7, 11) is -3.03. The molecule has 5 heteroatoms. The number of sulfonamides is 1. The summed E-state index contributed by atoms with van der Waals surface area (Å²) in [5.41, 5.74) is 0. The lowest BCUT2D eigenvalue weighted by atomic mass is 10.3. The van der Waals surface area contributed by atoms with Gasteiger partial charge >= 0.3 is 0 Å². The molecule has 0 aliphatic heterocycles. The van der Waals surface area contributed by atoms with Crippen molar-refractivity contribution in [3.05, 3.63) is 0 Å². The fourth-order valence-corrected chi connectivity index (χ4v) is 2.69. The molecule has 1 rings (SSSR count). The first-order chi connectivity index (χ1) is 7.05. The van der Waals surface area contributed by atoms with E-state index in [-0.39, 0.29) is 5.75 Å². The molecule has 0 radical (unpaired) electrons. The Bertz CT molecular complexity index is 277. The van der Waals surface area contributed by atoms with Gasteiger partial charge in [-0.3, -0.25) is 0 Å². The van der Waals surface area contributed by atoms with Gasteiger partial charge in [-0.2, -0.15) is 0 Å². The van der Waals surface area contributed by atoms with E-state index < -0.39 is 10.0 Å². The quantitative estimate of drug-likeness (QED) is 0.603. The third-order valence-electron chi connectivity index (χ3n) is 2.86. The molecule has 0 heterocycles. The van der Waals surface area contributed by atoms with Gasteiger partial charge in [-0.25, -0.2) is 13.1 Å². The highest BCUT2D eigenvalue weighted by Gasteiger charge is 2.32. The van der Waals surface area contributed by atoms with E-state index in [1.54, 1.807) is 0 Å². The lowest BCUT2D eigenvalue weighted by Gasteiger charge is -2.06. The Labute approximate surface area is 92.9 Å². The normalized spacial score (nSPS) is 25.5. The van der Waals surface area contributed by atoms with Crippen LogP contribution in [0, 0.1) is 11.8 Å². The summed E-state index contributed by atoms with van der Waals surface area (Å²) in [5.74, 6) is 1.52. The molecule has 0 bridgehead atoms. The van der Waals surface area contributed by atoms with Gasteiger partial charge in [-0.15, -0.1) is 0 Å². The second-order valence-electron chi connectivity index (χ2n) is 4.35. The van der Waals surface area contributed by atoms with Crippen LogP contribution in [-0.2, 0) is 10.0 Å². The monoisotopic (exact) mass is 234 g/mol. The van der Waals surface area contributed by atoms with E-state index in [4.69, 9.17) is 0 Å². The zero-order valence-corrected chi connectivity index (χ0v) is 10.4. The number of nitrogens with one attached hydrogen (secondary N) is 2. The maximum Gasteiger partial charge on any atom is 0.211 e. The van der Waals surface area contributed by atoms with Crippen LogP contribution in [0.25, 0.3) is 0 Å². The minimum atomic E-state index is -3.03. The number of hydrogen-bond donors (Lipinski definition) is 2. The molecule has 90 valence electrons. The van der Waals surface area contributed by atoms with Gasteiger partial charge in [-0.05, 0) is 37.8 Å². The second kappa shape index (κ2) is 5.82. The minimum absolute atomic E-state index is 0.237. The Kier molecular flexibility index (Phi) is 5.02. The molecule has 0 spiro atoms. The van der Waals surface area contributed by atoms with Crippen LogP contribution in [0.4, 0.5) is 0 Å². The van der Waals surface area contributed by atoms with Crippen molar-refractivity contribution in [2.45, 2.75) is 26.7 Å². The van der Waals surface area contributed by atoms with Crippen molar-refractivity contribution in [1.29, 1.82) is 0 Å². The smallest absolute Gasteiger partial charge is 0.211 e. The fourth-order valence-electron chi connectivity index (χ4n) is 1.55. The van der Waals surface area contributed by atoms with Crippen LogP contribution < -0.4 is 10.0 Å². The topological polar surface area (TPSA) is 58.2 Å². The minimum Gasteiger partial charge on any atom is -0.317 e. The molecule has 15 heavy (non-hydrogen) atoms. The van der Waals surface area contributed by atoms with Gasteiger partial charge in [0.05, 0.1) is 5.75 Å². The van der Waals surface area contributed by atoms with Crippen molar-refractivity contribution in [2.24, 2.45) is 11.8 Å². The highest BCUT2D eigenvalue weighted by atomic mass is 32.2. The molecule has 1 fully saturated rings. The van der Waals surface area contributed by atoms with E-state index in [0.29, 0.717) is 24.8 Å². The summed E-state index contributed by atoms with van der Waals surface area (Å²) >= 11 is 0. The Balaban J connectivity index is 2.09. The molecular weight excluding hydrogens is 212 g/mol. The molecule has 0 aromatic rings. The van der Waals surface area contributed by atoms with Crippen LogP contribution >= 0.6 is 0 Å². The van der Waals surface area contributed by atoms with Crippen molar-refractivity contribution in [2.75, 3.05) is 25.4 Å². The third kappa shape index (κ3) is 5.49. The van der Waals surface area contributed by atoms with Crippen molar-refractivity contribution >= 4 is 10.0 Å². The van der Waals surface area contributed by atoms with Gasteiger partial charge < -0.3 is 5.32 Å². The van der Waals surface area contributed by atoms with Gasteiger partial charge in [-0.1, -0.05) is 13.8 Å². The summed E-state index contributed by atoms with van der Waals surface area (Å²) in [4.78, 5) is 0. The van der Waals surface area contributed by atoms with Crippen molar-refractivity contribution in [3.63, 3.8) is 0 Å². The van der Waals surface area contributed by atoms with Crippen molar-refractivity contribution < 1.29 is 8.42 Å². The molecule has 0 aromatic carbocycles. The van der Waals surface area contributed by atoms with Gasteiger partial charge in [0.15, 0.2) is 0 Å². The SMILES string of the molecule is CCNCCCS(=O)(=O)NCC1CC1C. The van der Waals surface area contributed by atoms with Crippen LogP contribution in [0.2, 0.25) is 0 Å². The first-order valence-corrected chi connectivity index (χ1v) is 7.38. The van der Waals surface area contributed by atoms with Crippen LogP contribution in [-0.4, -0.2) is 33.8 Å². The number of rotatable bonds is 8. The van der Waals surface area contributed by atoms with E-state index in [1.165, 1.54) is 6.42 Å². The van der Waals surface area contributed by atoms with Crippen LogP contribution in [0.15, 0.2) is 0 Å². The summed E-state index contributed by atoms with van der Waals surface area (Å²) in [5, 5.41) is 3.11. The Morgan fingerprint density at radius 2 is 2.07 bits per heavy atom. The predicted molar refractivity (Wildman–Crippen MR) is 62.2 cm³/mol. The molecule has 1 aliphatic rings. The zero-order valence-electron chi connectivity index (χ0n) is 9.62. The van der Waals surface area contributed by atoms with E-state index >= 15 is 0 Å². The first kappa shape index (κ1) is 12.9. The standard InChI is InChI=1S/C10H22N2O2S/c1-3-11-5-4-6-15(13,14)12-8-10-7-9(10)2/h9-12H,3-8H2,1-2H3. The Morgan fingerprint density at radius 3 is 2.60 bits per heavy atom. The highest BCUT2D eigenvalue weighted by molar-refractivity contribution is 7.89. The van der Waals surface area contributed by atoms with Gasteiger partial charge in [0.1, 0.15) is 0 Å². The second-order valence-corrected chi connectivity index (χ2v) is 6.27. The van der Waals surface area contributed by atoms with E-state index in [9.17, 15) is 8.42 Å². The van der Waals surface area contributed by atoms with Crippen LogP contribution in [0.3, 0.4) is 0 Å². The maximum absolute atomic E-state index is 11.5. The molecule has 4 nitrogen and oxygen atoms in total. The average Bonchev–Trinajstić information content (AvgIpc) is 2.87. The zero-order chi connectivity index (χ0) is 11.3. The molecule has 0 saturated heterocycles. The van der Waals surface area contributed by atoms with E-state index in [2.05, 4.69) is 17.0 Å².